The summed E-state index contributed by atoms with van der Waals surface area (Å²) in [5.74, 6) is 24.2. The Morgan fingerprint density at radius 1 is 0.245 bits per heavy atom. The molecule has 10 N–H and O–H groups in total. The maximum atomic E-state index is 11.2. The van der Waals surface area contributed by atoms with Crippen LogP contribution in [0.5, 0.6) is 0 Å². The average Bonchev–Trinajstić information content (AvgIpc) is 1.62. The van der Waals surface area contributed by atoms with E-state index in [1.54, 1.807) is 0 Å². The zero-order chi connectivity index (χ0) is 106. The maximum absolute atomic E-state index is 11.2. The summed E-state index contributed by atoms with van der Waals surface area (Å²) in [4.78, 5) is 0. The largest absolute Gasteiger partial charge is 0.393 e. The second kappa shape index (κ2) is 43.0. The molecule has 0 heterocycles. The van der Waals surface area contributed by atoms with Crippen molar-refractivity contribution in [1.29, 1.82) is 0 Å². The van der Waals surface area contributed by atoms with Crippen LogP contribution in [0.1, 0.15) is 525 Å². The van der Waals surface area contributed by atoms with Gasteiger partial charge in [0.05, 0.1) is 58.5 Å². The molecule has 50 atom stereocenters. The van der Waals surface area contributed by atoms with Gasteiger partial charge in [0, 0.05) is 0 Å². The van der Waals surface area contributed by atoms with Crippen molar-refractivity contribution in [2.45, 2.75) is 572 Å². The lowest BCUT2D eigenvalue weighted by molar-refractivity contribution is -0.154. The van der Waals surface area contributed by atoms with E-state index in [9.17, 15) is 51.1 Å². The Hall–Kier alpha value is -1.18. The topological polar surface area (TPSA) is 202 Å². The average molecular weight is 2040 g/mol. The van der Waals surface area contributed by atoms with Crippen LogP contribution < -0.4 is 0 Å². The second-order valence-corrected chi connectivity index (χ2v) is 64.4. The van der Waals surface area contributed by atoms with Gasteiger partial charge in [-0.05, 0) is 623 Å². The van der Waals surface area contributed by atoms with Crippen molar-refractivity contribution in [3.05, 3.63) is 35.9 Å². The first-order valence-corrected chi connectivity index (χ1v) is 65.0. The fraction of sp³-hybridized carbons (Fsp3) is 0.956. The predicted molar refractivity (Wildman–Crippen MR) is 606 cm³/mol. The summed E-state index contributed by atoms with van der Waals surface area (Å²) in [5.41, 5.74) is 3.41. The van der Waals surface area contributed by atoms with Crippen LogP contribution in [0.4, 0.5) is 0 Å². The lowest BCUT2D eigenvalue weighted by Gasteiger charge is -2.62. The minimum Gasteiger partial charge on any atom is -0.393 e. The van der Waals surface area contributed by atoms with Crippen LogP contribution in [0.3, 0.4) is 0 Å². The number of benzene rings is 1. The van der Waals surface area contributed by atoms with E-state index >= 15 is 0 Å². The van der Waals surface area contributed by atoms with Crippen LogP contribution >= 0.6 is 0 Å². The molecule has 21 aliphatic rings. The van der Waals surface area contributed by atoms with Gasteiger partial charge in [-0.15, -0.1) is 0 Å². The number of aliphatic hydroxyl groups excluding tert-OH is 5. The van der Waals surface area contributed by atoms with Crippen molar-refractivity contribution in [3.8, 4) is 0 Å². The minimum absolute atomic E-state index is 0.0494. The quantitative estimate of drug-likeness (QED) is 0.0599. The van der Waals surface area contributed by atoms with E-state index in [-0.39, 0.29) is 36.1 Å². The van der Waals surface area contributed by atoms with Gasteiger partial charge in [-0.2, -0.15) is 0 Å². The summed E-state index contributed by atoms with van der Waals surface area (Å²) in [5, 5.41) is 108. The van der Waals surface area contributed by atoms with Crippen molar-refractivity contribution < 1.29 is 51.1 Å². The van der Waals surface area contributed by atoms with Crippen LogP contribution in [-0.2, 0) is 0 Å². The molecule has 21 saturated carbocycles. The highest BCUT2D eigenvalue weighted by Crippen LogP contribution is 2.77. The fourth-order valence-corrected chi connectivity index (χ4v) is 46.8. The van der Waals surface area contributed by atoms with Crippen LogP contribution in [0.2, 0.25) is 0 Å². The van der Waals surface area contributed by atoms with Crippen molar-refractivity contribution >= 4 is 0 Å². The smallest absolute Gasteiger partial charge is 0.0818 e. The molecule has 1 aromatic carbocycles. The molecule has 10 heteroatoms. The number of aliphatic hydroxyl groups is 10. The molecule has 21 aliphatic carbocycles. The third-order valence-electron chi connectivity index (χ3n) is 56.7. The van der Waals surface area contributed by atoms with Crippen LogP contribution in [0, 0.1) is 249 Å². The highest BCUT2D eigenvalue weighted by molar-refractivity contribution is 5.23. The molecule has 22 rings (SSSR count). The van der Waals surface area contributed by atoms with E-state index in [1.807, 2.05) is 13.0 Å². The molecule has 0 bridgehead atoms. The fourth-order valence-electron chi connectivity index (χ4n) is 46.8. The summed E-state index contributed by atoms with van der Waals surface area (Å²) in [7, 11) is 0. The summed E-state index contributed by atoms with van der Waals surface area (Å²) in [6.45, 7) is 59.3. The molecule has 0 amide bonds. The number of hydrogen-bond acceptors (Lipinski definition) is 10. The number of hydrogen-bond donors (Lipinski definition) is 10. The maximum Gasteiger partial charge on any atom is 0.0818 e. The van der Waals surface area contributed by atoms with Gasteiger partial charge in [-0.25, -0.2) is 0 Å². The highest BCUT2D eigenvalue weighted by atomic mass is 16.3. The lowest BCUT2D eigenvalue weighted by Crippen LogP contribution is -2.56. The lowest BCUT2D eigenvalue weighted by atomic mass is 9.43. The van der Waals surface area contributed by atoms with E-state index in [0.717, 1.165) is 227 Å². The van der Waals surface area contributed by atoms with Crippen LogP contribution in [-0.4, -0.2) is 103 Å². The van der Waals surface area contributed by atoms with Gasteiger partial charge in [0.1, 0.15) is 0 Å². The Morgan fingerprint density at radius 3 is 0.762 bits per heavy atom. The minimum atomic E-state index is -0.430. The van der Waals surface area contributed by atoms with Gasteiger partial charge in [0.15, 0.2) is 0 Å². The van der Waals surface area contributed by atoms with Gasteiger partial charge in [-0.1, -0.05) is 176 Å². The summed E-state index contributed by atoms with van der Waals surface area (Å²) in [6.07, 6.45) is 64.9. The van der Waals surface area contributed by atoms with E-state index in [1.165, 1.54) is 238 Å². The molecule has 10 nitrogen and oxygen atoms in total. The third kappa shape index (κ3) is 21.1. The van der Waals surface area contributed by atoms with Gasteiger partial charge in [0.2, 0.25) is 0 Å². The van der Waals surface area contributed by atoms with E-state index in [4.69, 9.17) is 0 Å². The summed E-state index contributed by atoms with van der Waals surface area (Å²) < 4.78 is 0. The van der Waals surface area contributed by atoms with Crippen molar-refractivity contribution in [3.63, 3.8) is 0 Å². The molecule has 0 aromatic heterocycles. The monoisotopic (exact) mass is 2040 g/mol. The number of fused-ring (bicyclic) bond motifs is 25. The highest BCUT2D eigenvalue weighted by Gasteiger charge is 2.70. The van der Waals surface area contributed by atoms with E-state index in [2.05, 4.69) is 190 Å². The molecule has 0 unspecified atom stereocenters. The van der Waals surface area contributed by atoms with Crippen LogP contribution in [0.25, 0.3) is 0 Å². The van der Waals surface area contributed by atoms with Gasteiger partial charge in [0.25, 0.3) is 0 Å². The molecule has 0 radical (unpaired) electrons. The Balaban J connectivity index is 0.000000121. The normalized spacial score (nSPS) is 51.6. The second-order valence-electron chi connectivity index (χ2n) is 64.4. The van der Waals surface area contributed by atoms with Crippen molar-refractivity contribution in [2.24, 2.45) is 249 Å². The van der Waals surface area contributed by atoms with Crippen molar-refractivity contribution in [2.75, 3.05) is 0 Å². The molecule has 0 saturated heterocycles. The Labute approximate surface area is 902 Å². The van der Waals surface area contributed by atoms with Crippen molar-refractivity contribution in [1.82, 2.24) is 0 Å². The molecule has 0 spiro atoms. The van der Waals surface area contributed by atoms with Crippen LogP contribution in [0.15, 0.2) is 30.3 Å². The first kappa shape index (κ1) is 115. The van der Waals surface area contributed by atoms with Gasteiger partial charge in [-0.3, -0.25) is 0 Å². The summed E-state index contributed by atoms with van der Waals surface area (Å²) in [6, 6.07) is 10.3. The molecular formula is C137H234O10. The summed E-state index contributed by atoms with van der Waals surface area (Å²) >= 11 is 0. The molecule has 21 fully saturated rings. The van der Waals surface area contributed by atoms with Gasteiger partial charge >= 0.3 is 0 Å². The molecule has 842 valence electrons. The third-order valence-corrected chi connectivity index (χ3v) is 56.7. The van der Waals surface area contributed by atoms with Gasteiger partial charge < -0.3 is 51.1 Å². The Morgan fingerprint density at radius 2 is 0.497 bits per heavy atom. The number of rotatable bonds is 20. The first-order valence-electron chi connectivity index (χ1n) is 65.0. The predicted octanol–water partition coefficient (Wildman–Crippen LogP) is 32.4. The zero-order valence-electron chi connectivity index (χ0n) is 99.8. The first-order chi connectivity index (χ1) is 69.0. The standard InChI is InChI=1S/C30H46O2.2C28H50O2.C27H46O2.C24H42O2/c1-5-30(32)18-17-28(3)22(19-30)11-12-23-25-14-13-24(29(25,4)16-15-26(23)28)20(2)27(31)21-9-7-6-8-10-21;2*1-18(2)7-12-25(29)19(3)22-10-11-23-21-9-8-20-17-26(4,30)15-16-27(20,5)24(21)13-14-28(22,23)6;1-5-27(29)15-14-25(3)19(16-27)8-9-20-22-11-10-21(17(2)24(28)18-6-7-18)26(22,4)13-12-23(20)25;1-15(16(2)25)19-8-9-20-18-7-6-17-14-22(3,26)12-13-23(17,4)21(18)10-11-24(19,20)5/h6-10,20,22-27,31-32H,5,11-19H2,1-4H3;2*18-25,29-30H,7-17H2,1-6H3;17-24,28-29H,5-16H2,1-4H3;15-21,25-26H,6-14H2,1-5H3/t20-,22-,23-,24+,25-,26-,27-,28-,29+,30-;19-,20+,21-,22+,23-,24-,25-,26-,27-,28+;19-,20-,21-,22+,23-,24-,25+,26-,27-,28+;17-,19-,20-,21+,22-,23-,24-,25-,26+,27-;15-,16+,17+,18+,19-,20+,21+,22+,23+,24-/m00001/s1. The molecular weight excluding hydrogens is 1810 g/mol. The molecule has 0 aliphatic heterocycles. The SMILES string of the molecule is CC(C)CC[C@@H](O)[C@@H](C)[C@H]1CC[C@H]2[C@@H]3CC[C@H]4C[C@@](C)(O)CC[C@]4(C)[C@H]3CC[C@]12C.CC(C)CC[C@H](O)[C@@H](C)[C@H]1CC[C@H]2[C@@H]3CC[C@@H]4C[C@@](C)(O)CC[C@]4(C)[C@H]3CC[C@]12C.CC[C@]1(O)CC[C@@]2(C)[C@@H](CC[C@@H]3[C@@H]2CC[C@]2(C)[C@@H]([C@H](C)[C@H](O)C4CC4)CC[C@@H]32)C1.CC[C@]1(O)CC[C@@]2(C)[C@@H](CC[C@@H]3[C@@H]2CC[C@]2(C)[C@@H]([C@H](C)[C@H](O)c4ccccc4)CC[C@@H]32)C1.C[C@H]([C@H](C)O)[C@H]1CC[C@H]2[C@@H]3CC[C@H]4C[C@@](C)(O)CC[C@]4(C)[C@H]3CC[C@]12C. The Kier molecular flexibility index (Phi) is 33.8. The zero-order valence-corrected chi connectivity index (χ0v) is 99.8. The Bertz CT molecular complexity index is 4370. The van der Waals surface area contributed by atoms with E-state index in [0.29, 0.717) is 131 Å². The van der Waals surface area contributed by atoms with E-state index < -0.39 is 22.4 Å². The molecule has 147 heavy (non-hydrogen) atoms. The molecule has 1 aromatic rings.